The lowest BCUT2D eigenvalue weighted by molar-refractivity contribution is -0.127. The van der Waals surface area contributed by atoms with Crippen LogP contribution in [0.15, 0.2) is 67.0 Å². The van der Waals surface area contributed by atoms with Crippen LogP contribution < -0.4 is 16.4 Å². The van der Waals surface area contributed by atoms with Crippen LogP contribution in [0.3, 0.4) is 0 Å². The van der Waals surface area contributed by atoms with Gasteiger partial charge in [-0.3, -0.25) is 19.5 Å². The van der Waals surface area contributed by atoms with Crippen molar-refractivity contribution in [1.82, 2.24) is 25.6 Å². The van der Waals surface area contributed by atoms with E-state index in [0.29, 0.717) is 24.0 Å². The average Bonchev–Trinajstić information content (AvgIpc) is 3.53. The van der Waals surface area contributed by atoms with Crippen LogP contribution in [-0.4, -0.2) is 50.0 Å². The van der Waals surface area contributed by atoms with E-state index < -0.39 is 11.9 Å². The van der Waals surface area contributed by atoms with Gasteiger partial charge in [0, 0.05) is 41.5 Å². The number of primary amides is 1. The molecule has 214 valence electrons. The van der Waals surface area contributed by atoms with E-state index in [2.05, 4.69) is 25.6 Å². The van der Waals surface area contributed by atoms with Crippen LogP contribution in [0.2, 0.25) is 0 Å². The van der Waals surface area contributed by atoms with Crippen molar-refractivity contribution in [2.24, 2.45) is 23.3 Å². The lowest BCUT2D eigenvalue weighted by Gasteiger charge is -2.35. The summed E-state index contributed by atoms with van der Waals surface area (Å²) >= 11 is 0. The molecule has 0 saturated heterocycles. The number of aromatic amines is 1. The summed E-state index contributed by atoms with van der Waals surface area (Å²) in [4.78, 5) is 32.9. The number of nitrogens with zero attached hydrogens (tertiary/aromatic N) is 5. The maximum absolute atomic E-state index is 14.1. The molecule has 0 aliphatic heterocycles. The smallest absolute Gasteiger partial charge is 0.240 e. The van der Waals surface area contributed by atoms with Gasteiger partial charge in [-0.25, -0.2) is 0 Å². The first-order chi connectivity index (χ1) is 19.4. The Hall–Kier alpha value is -4.15. The molecule has 1 atom stereocenters. The lowest BCUT2D eigenvalue weighted by atomic mass is 9.81. The lowest BCUT2D eigenvalue weighted by Crippen LogP contribution is -2.52. The number of aryl methyl sites for hydroxylation is 1. The average molecular weight is 575 g/mol. The van der Waals surface area contributed by atoms with E-state index in [1.165, 1.54) is 0 Å². The summed E-state index contributed by atoms with van der Waals surface area (Å²) in [5.41, 5.74) is 17.3. The second-order valence-electron chi connectivity index (χ2n) is 10.5. The van der Waals surface area contributed by atoms with Gasteiger partial charge in [0.05, 0.1) is 0 Å². The number of hydrogen-bond donors (Lipinski definition) is 3. The number of nitrogens with two attached hydrogens (primary N) is 2. The van der Waals surface area contributed by atoms with E-state index in [-0.39, 0.29) is 30.7 Å². The molecule has 41 heavy (non-hydrogen) atoms. The summed E-state index contributed by atoms with van der Waals surface area (Å²) in [5, 5.41) is 14.1. The number of pyridine rings is 1. The highest BCUT2D eigenvalue weighted by Gasteiger charge is 2.36. The minimum Gasteiger partial charge on any atom is -0.368 e. The molecule has 0 bridgehead atoms. The van der Waals surface area contributed by atoms with Crippen LogP contribution in [0.25, 0.3) is 22.5 Å². The quantitative estimate of drug-likeness (QED) is 0.274. The molecular formula is C30H35ClN8O2. The Labute approximate surface area is 245 Å². The molecule has 2 aromatic heterocycles. The minimum absolute atomic E-state index is 0. The number of nitrogens with one attached hydrogen (secondary N) is 1. The second-order valence-corrected chi connectivity index (χ2v) is 10.5. The molecule has 1 aliphatic rings. The minimum atomic E-state index is -0.860. The van der Waals surface area contributed by atoms with Crippen LogP contribution >= 0.6 is 12.4 Å². The summed E-state index contributed by atoms with van der Waals surface area (Å²) in [6.45, 7) is 2.67. The summed E-state index contributed by atoms with van der Waals surface area (Å²) in [6.07, 6.45) is 7.17. The SMILES string of the molecule is Cc1ccncc1-c1ccc(C[C@@H](C(N)=O)N(C(=O)C2CCC(CN)CC2)c2ccc(-c3nn[nH]n3)cc2)cc1.Cl. The van der Waals surface area contributed by atoms with Crippen molar-refractivity contribution in [2.45, 2.75) is 45.1 Å². The van der Waals surface area contributed by atoms with Crippen LogP contribution in [0, 0.1) is 18.8 Å². The number of rotatable bonds is 9. The predicted molar refractivity (Wildman–Crippen MR) is 160 cm³/mol. The molecule has 5 rings (SSSR count). The van der Waals surface area contributed by atoms with Crippen LogP contribution in [0.4, 0.5) is 5.69 Å². The van der Waals surface area contributed by atoms with Crippen LogP contribution in [0.5, 0.6) is 0 Å². The van der Waals surface area contributed by atoms with Gasteiger partial charge in [-0.1, -0.05) is 24.3 Å². The molecule has 5 N–H and O–H groups in total. The molecule has 11 heteroatoms. The number of halogens is 1. The summed E-state index contributed by atoms with van der Waals surface area (Å²) in [6, 6.07) is 16.3. The van der Waals surface area contributed by atoms with Crippen molar-refractivity contribution in [2.75, 3.05) is 11.4 Å². The first kappa shape index (κ1) is 29.8. The Morgan fingerprint density at radius 1 is 1.00 bits per heavy atom. The van der Waals surface area contributed by atoms with E-state index in [0.717, 1.165) is 53.5 Å². The fourth-order valence-electron chi connectivity index (χ4n) is 5.49. The summed E-state index contributed by atoms with van der Waals surface area (Å²) < 4.78 is 0. The number of benzene rings is 2. The van der Waals surface area contributed by atoms with Gasteiger partial charge in [-0.15, -0.1) is 22.6 Å². The van der Waals surface area contributed by atoms with Gasteiger partial charge in [0.2, 0.25) is 17.6 Å². The number of hydrogen-bond acceptors (Lipinski definition) is 7. The van der Waals surface area contributed by atoms with Gasteiger partial charge >= 0.3 is 0 Å². The molecule has 10 nitrogen and oxygen atoms in total. The van der Waals surface area contributed by atoms with Gasteiger partial charge < -0.3 is 11.5 Å². The molecule has 2 amide bonds. The number of carbonyl (C=O) groups is 2. The Bertz CT molecular complexity index is 1440. The fraction of sp³-hybridized carbons (Fsp3) is 0.333. The summed E-state index contributed by atoms with van der Waals surface area (Å²) in [5.74, 6) is 0.0330. The molecule has 4 aromatic rings. The van der Waals surface area contributed by atoms with Crippen molar-refractivity contribution < 1.29 is 9.59 Å². The zero-order valence-electron chi connectivity index (χ0n) is 22.9. The van der Waals surface area contributed by atoms with Crippen molar-refractivity contribution in [3.05, 3.63) is 78.1 Å². The third kappa shape index (κ3) is 6.78. The number of amides is 2. The third-order valence-corrected chi connectivity index (χ3v) is 7.89. The van der Waals surface area contributed by atoms with Gasteiger partial charge in [-0.2, -0.15) is 5.21 Å². The molecule has 2 heterocycles. The number of tetrazole rings is 1. The van der Waals surface area contributed by atoms with Crippen molar-refractivity contribution in [3.63, 3.8) is 0 Å². The van der Waals surface area contributed by atoms with Crippen molar-refractivity contribution in [1.29, 1.82) is 0 Å². The molecular weight excluding hydrogens is 540 g/mol. The monoisotopic (exact) mass is 574 g/mol. The Balaban J connectivity index is 0.00000387. The number of H-pyrrole nitrogens is 1. The predicted octanol–water partition coefficient (Wildman–Crippen LogP) is 3.85. The van der Waals surface area contributed by atoms with Gasteiger partial charge in [0.15, 0.2) is 0 Å². The summed E-state index contributed by atoms with van der Waals surface area (Å²) in [7, 11) is 0. The largest absolute Gasteiger partial charge is 0.368 e. The van der Waals surface area contributed by atoms with Gasteiger partial charge in [0.1, 0.15) is 6.04 Å². The number of aromatic nitrogens is 5. The second kappa shape index (κ2) is 13.5. The molecule has 1 saturated carbocycles. The Morgan fingerprint density at radius 3 is 2.27 bits per heavy atom. The van der Waals surface area contributed by atoms with Gasteiger partial charge in [-0.05, 0) is 97.3 Å². The highest BCUT2D eigenvalue weighted by molar-refractivity contribution is 6.01. The molecule has 0 spiro atoms. The van der Waals surface area contributed by atoms with Crippen LogP contribution in [-0.2, 0) is 16.0 Å². The zero-order chi connectivity index (χ0) is 28.1. The highest BCUT2D eigenvalue weighted by Crippen LogP contribution is 2.33. The fourth-order valence-corrected chi connectivity index (χ4v) is 5.49. The van der Waals surface area contributed by atoms with E-state index in [4.69, 9.17) is 11.5 Å². The van der Waals surface area contributed by atoms with Gasteiger partial charge in [0.25, 0.3) is 0 Å². The highest BCUT2D eigenvalue weighted by atomic mass is 35.5. The van der Waals surface area contributed by atoms with E-state index in [1.54, 1.807) is 23.2 Å². The number of anilines is 1. The standard InChI is InChI=1S/C30H34N8O2.ClH/c1-19-14-15-33-18-26(19)22-6-2-20(3-7-22)16-27(28(32)39)38(30(40)24-8-4-21(17-31)5-9-24)25-12-10-23(11-13-25)29-34-36-37-35-29;/h2-3,6-7,10-15,18,21,24,27H,4-5,8-9,16-17,31H2,1H3,(H2,32,39)(H,34,35,36,37);1H/t21?,24?,27-;/m0./s1. The molecule has 2 aromatic carbocycles. The zero-order valence-corrected chi connectivity index (χ0v) is 23.8. The van der Waals surface area contributed by atoms with Crippen LogP contribution in [0.1, 0.15) is 36.8 Å². The molecule has 0 radical (unpaired) electrons. The van der Waals surface area contributed by atoms with E-state index >= 15 is 0 Å². The first-order valence-electron chi connectivity index (χ1n) is 13.6. The molecule has 1 aliphatic carbocycles. The number of carbonyl (C=O) groups excluding carboxylic acids is 2. The van der Waals surface area contributed by atoms with E-state index in [1.807, 2.05) is 55.6 Å². The van der Waals surface area contributed by atoms with E-state index in [9.17, 15) is 9.59 Å². The third-order valence-electron chi connectivity index (χ3n) is 7.89. The maximum atomic E-state index is 14.1. The maximum Gasteiger partial charge on any atom is 0.240 e. The van der Waals surface area contributed by atoms with Crippen molar-refractivity contribution in [3.8, 4) is 22.5 Å². The normalized spacial score (nSPS) is 17.3. The Morgan fingerprint density at radius 2 is 1.68 bits per heavy atom. The molecule has 1 fully saturated rings. The Kier molecular flexibility index (Phi) is 9.80. The topological polar surface area (TPSA) is 157 Å². The first-order valence-corrected chi connectivity index (χ1v) is 13.6. The van der Waals surface area contributed by atoms with Crippen molar-refractivity contribution >= 4 is 29.9 Å². The molecule has 0 unspecified atom stereocenters.